The van der Waals surface area contributed by atoms with E-state index in [9.17, 15) is 5.11 Å². The summed E-state index contributed by atoms with van der Waals surface area (Å²) >= 11 is 0. The lowest BCUT2D eigenvalue weighted by Gasteiger charge is -2.18. The molecule has 0 spiro atoms. The summed E-state index contributed by atoms with van der Waals surface area (Å²) in [5.74, 6) is 7.79. The zero-order valence-electron chi connectivity index (χ0n) is 11.6. The number of aromatic nitrogens is 2. The Labute approximate surface area is 113 Å². The van der Waals surface area contributed by atoms with Crippen molar-refractivity contribution in [2.75, 3.05) is 17.3 Å². The largest absolute Gasteiger partial charge is 0.393 e. The van der Waals surface area contributed by atoms with E-state index in [-0.39, 0.29) is 12.0 Å². The van der Waals surface area contributed by atoms with Crippen LogP contribution in [0, 0.1) is 5.92 Å². The highest BCUT2D eigenvalue weighted by atomic mass is 16.3. The second-order valence-electron chi connectivity index (χ2n) is 5.50. The number of nitrogen functional groups attached to an aromatic ring is 1. The van der Waals surface area contributed by atoms with E-state index >= 15 is 0 Å². The van der Waals surface area contributed by atoms with Crippen molar-refractivity contribution in [2.45, 2.75) is 45.1 Å². The van der Waals surface area contributed by atoms with Crippen molar-refractivity contribution >= 4 is 11.6 Å². The van der Waals surface area contributed by atoms with Crippen molar-refractivity contribution in [1.82, 2.24) is 9.97 Å². The first kappa shape index (κ1) is 14.0. The van der Waals surface area contributed by atoms with Crippen LogP contribution < -0.4 is 16.6 Å². The van der Waals surface area contributed by atoms with Gasteiger partial charge in [0.1, 0.15) is 18.0 Å². The first-order chi connectivity index (χ1) is 9.11. The van der Waals surface area contributed by atoms with Gasteiger partial charge in [0.2, 0.25) is 0 Å². The summed E-state index contributed by atoms with van der Waals surface area (Å²) in [6, 6.07) is 0. The predicted octanol–water partition coefficient (Wildman–Crippen LogP) is 1.46. The molecule has 0 amide bonds. The number of nitrogens with zero attached hydrogens (tertiary/aromatic N) is 2. The number of aliphatic hydroxyl groups excluding tert-OH is 1. The summed E-state index contributed by atoms with van der Waals surface area (Å²) in [4.78, 5) is 8.45. The van der Waals surface area contributed by atoms with E-state index in [0.29, 0.717) is 11.7 Å². The van der Waals surface area contributed by atoms with Crippen LogP contribution in [-0.2, 0) is 0 Å². The summed E-state index contributed by atoms with van der Waals surface area (Å²) in [5, 5.41) is 12.9. The van der Waals surface area contributed by atoms with Crippen LogP contribution in [0.4, 0.5) is 11.6 Å². The van der Waals surface area contributed by atoms with E-state index in [2.05, 4.69) is 34.6 Å². The minimum atomic E-state index is -0.136. The predicted molar refractivity (Wildman–Crippen MR) is 75.8 cm³/mol. The molecule has 19 heavy (non-hydrogen) atoms. The minimum Gasteiger partial charge on any atom is -0.393 e. The van der Waals surface area contributed by atoms with Crippen LogP contribution >= 0.6 is 0 Å². The van der Waals surface area contributed by atoms with Crippen LogP contribution in [0.25, 0.3) is 0 Å². The van der Waals surface area contributed by atoms with Gasteiger partial charge in [-0.25, -0.2) is 15.8 Å². The number of anilines is 2. The molecule has 2 unspecified atom stereocenters. The zero-order valence-corrected chi connectivity index (χ0v) is 11.6. The van der Waals surface area contributed by atoms with Gasteiger partial charge in [-0.15, -0.1) is 0 Å². The molecule has 106 valence electrons. The number of rotatable bonds is 5. The molecule has 0 aromatic carbocycles. The second kappa shape index (κ2) is 6.16. The van der Waals surface area contributed by atoms with Gasteiger partial charge >= 0.3 is 0 Å². The van der Waals surface area contributed by atoms with Crippen molar-refractivity contribution < 1.29 is 5.11 Å². The zero-order chi connectivity index (χ0) is 13.8. The molecule has 0 radical (unpaired) electrons. The van der Waals surface area contributed by atoms with Crippen LogP contribution in [0.15, 0.2) is 6.33 Å². The molecule has 5 N–H and O–H groups in total. The molecule has 6 heteroatoms. The summed E-state index contributed by atoms with van der Waals surface area (Å²) in [7, 11) is 0. The Bertz CT molecular complexity index is 423. The van der Waals surface area contributed by atoms with E-state index < -0.39 is 0 Å². The monoisotopic (exact) mass is 265 g/mol. The lowest BCUT2D eigenvalue weighted by atomic mass is 10.0. The van der Waals surface area contributed by atoms with Crippen molar-refractivity contribution in [3.8, 4) is 0 Å². The Kier molecular flexibility index (Phi) is 4.55. The third-order valence-electron chi connectivity index (χ3n) is 3.67. The van der Waals surface area contributed by atoms with Gasteiger partial charge in [0, 0.05) is 12.1 Å². The Balaban J connectivity index is 2.07. The molecule has 1 aromatic rings. The third-order valence-corrected chi connectivity index (χ3v) is 3.67. The molecular formula is C13H23N5O. The fourth-order valence-corrected chi connectivity index (χ4v) is 2.67. The SMILES string of the molecule is CC(C)c1c(NN)ncnc1NCC1CCC(O)C1. The van der Waals surface area contributed by atoms with Crippen molar-refractivity contribution in [2.24, 2.45) is 11.8 Å². The molecule has 6 nitrogen and oxygen atoms in total. The first-order valence-corrected chi connectivity index (χ1v) is 6.85. The van der Waals surface area contributed by atoms with Gasteiger partial charge in [-0.05, 0) is 31.1 Å². The lowest BCUT2D eigenvalue weighted by Crippen LogP contribution is -2.18. The van der Waals surface area contributed by atoms with Gasteiger partial charge in [-0.3, -0.25) is 0 Å². The summed E-state index contributed by atoms with van der Waals surface area (Å²) in [5.41, 5.74) is 3.62. The Morgan fingerprint density at radius 3 is 2.68 bits per heavy atom. The van der Waals surface area contributed by atoms with E-state index in [4.69, 9.17) is 5.84 Å². The quantitative estimate of drug-likeness (QED) is 0.475. The average molecular weight is 265 g/mol. The Hall–Kier alpha value is -1.40. The maximum Gasteiger partial charge on any atom is 0.148 e. The van der Waals surface area contributed by atoms with E-state index in [1.54, 1.807) is 0 Å². The van der Waals surface area contributed by atoms with Crippen LogP contribution in [0.5, 0.6) is 0 Å². The Morgan fingerprint density at radius 2 is 2.11 bits per heavy atom. The molecule has 1 aromatic heterocycles. The Morgan fingerprint density at radius 1 is 1.37 bits per heavy atom. The molecule has 0 bridgehead atoms. The number of aliphatic hydroxyl groups is 1. The highest BCUT2D eigenvalue weighted by molar-refractivity contribution is 5.58. The average Bonchev–Trinajstić information content (AvgIpc) is 2.81. The van der Waals surface area contributed by atoms with E-state index in [0.717, 1.165) is 37.2 Å². The molecule has 1 aliphatic rings. The van der Waals surface area contributed by atoms with Gasteiger partial charge in [-0.2, -0.15) is 0 Å². The summed E-state index contributed by atoms with van der Waals surface area (Å²) in [6.07, 6.45) is 4.22. The molecule has 1 saturated carbocycles. The first-order valence-electron chi connectivity index (χ1n) is 6.85. The molecule has 0 aliphatic heterocycles. The van der Waals surface area contributed by atoms with Crippen molar-refractivity contribution in [3.05, 3.63) is 11.9 Å². The maximum absolute atomic E-state index is 9.54. The highest BCUT2D eigenvalue weighted by Gasteiger charge is 2.23. The van der Waals surface area contributed by atoms with Crippen molar-refractivity contribution in [3.63, 3.8) is 0 Å². The van der Waals surface area contributed by atoms with Gasteiger partial charge in [0.25, 0.3) is 0 Å². The fourth-order valence-electron chi connectivity index (χ4n) is 2.67. The number of nitrogens with two attached hydrogens (primary N) is 1. The summed E-state index contributed by atoms with van der Waals surface area (Å²) < 4.78 is 0. The second-order valence-corrected chi connectivity index (χ2v) is 5.50. The van der Waals surface area contributed by atoms with Crippen LogP contribution in [-0.4, -0.2) is 27.7 Å². The molecular weight excluding hydrogens is 242 g/mol. The van der Waals surface area contributed by atoms with E-state index in [1.807, 2.05) is 0 Å². The van der Waals surface area contributed by atoms with E-state index in [1.165, 1.54) is 6.33 Å². The number of hydrazine groups is 1. The van der Waals surface area contributed by atoms with Crippen LogP contribution in [0.3, 0.4) is 0 Å². The number of hydrogen-bond acceptors (Lipinski definition) is 6. The normalized spacial score (nSPS) is 22.8. The molecule has 1 aliphatic carbocycles. The molecule has 2 rings (SSSR count). The highest BCUT2D eigenvalue weighted by Crippen LogP contribution is 2.29. The lowest BCUT2D eigenvalue weighted by molar-refractivity contribution is 0.178. The standard InChI is InChI=1S/C13H23N5O/c1-8(2)11-12(16-7-17-13(11)18-14)15-6-9-3-4-10(19)5-9/h7-10,19H,3-6,14H2,1-2H3,(H2,15,16,17,18). The fraction of sp³-hybridized carbons (Fsp3) is 0.692. The smallest absolute Gasteiger partial charge is 0.148 e. The minimum absolute atomic E-state index is 0.136. The molecule has 2 atom stereocenters. The topological polar surface area (TPSA) is 96.1 Å². The van der Waals surface area contributed by atoms with Gasteiger partial charge in [0.05, 0.1) is 6.10 Å². The third kappa shape index (κ3) is 3.33. The van der Waals surface area contributed by atoms with Gasteiger partial charge in [-0.1, -0.05) is 13.8 Å². The summed E-state index contributed by atoms with van der Waals surface area (Å²) in [6.45, 7) is 5.01. The number of nitrogens with one attached hydrogen (secondary N) is 2. The molecule has 1 fully saturated rings. The van der Waals surface area contributed by atoms with Crippen LogP contribution in [0.1, 0.15) is 44.6 Å². The number of hydrogen-bond donors (Lipinski definition) is 4. The molecule has 0 saturated heterocycles. The molecule has 1 heterocycles. The van der Waals surface area contributed by atoms with Gasteiger partial charge in [0.15, 0.2) is 0 Å². The van der Waals surface area contributed by atoms with Crippen LogP contribution in [0.2, 0.25) is 0 Å². The van der Waals surface area contributed by atoms with Crippen molar-refractivity contribution in [1.29, 1.82) is 0 Å². The maximum atomic E-state index is 9.54. The van der Waals surface area contributed by atoms with Gasteiger partial charge < -0.3 is 15.8 Å².